The van der Waals surface area contributed by atoms with Crippen molar-refractivity contribution in [3.05, 3.63) is 48.2 Å². The van der Waals surface area contributed by atoms with E-state index in [1.807, 2.05) is 25.1 Å². The van der Waals surface area contributed by atoms with Gasteiger partial charge in [0.05, 0.1) is 0 Å². The smallest absolute Gasteiger partial charge is 0.307 e. The fraction of sp³-hybridized carbons (Fsp3) is 0.294. The van der Waals surface area contributed by atoms with Gasteiger partial charge in [0.1, 0.15) is 10.7 Å². The summed E-state index contributed by atoms with van der Waals surface area (Å²) in [5.74, 6) is 0.322. The SMILES string of the molecule is CCN(CC)S(=O)(=O)c1ccc(NNC(=O)Nc2cccc(C)c2)nc1. The summed E-state index contributed by atoms with van der Waals surface area (Å²) in [4.78, 5) is 16.0. The van der Waals surface area contributed by atoms with Crippen LogP contribution in [0.25, 0.3) is 0 Å². The number of pyridine rings is 1. The molecule has 1 aromatic carbocycles. The predicted molar refractivity (Wildman–Crippen MR) is 101 cm³/mol. The minimum absolute atomic E-state index is 0.107. The van der Waals surface area contributed by atoms with Crippen molar-refractivity contribution in [3.63, 3.8) is 0 Å². The lowest BCUT2D eigenvalue weighted by Gasteiger charge is -2.18. The van der Waals surface area contributed by atoms with Crippen LogP contribution in [0, 0.1) is 6.92 Å². The normalized spacial score (nSPS) is 11.2. The molecule has 2 aromatic rings. The van der Waals surface area contributed by atoms with Gasteiger partial charge in [0.25, 0.3) is 0 Å². The van der Waals surface area contributed by atoms with Gasteiger partial charge in [-0.1, -0.05) is 26.0 Å². The number of hydrazine groups is 1. The number of carbonyl (C=O) groups is 1. The molecule has 0 saturated heterocycles. The van der Waals surface area contributed by atoms with E-state index in [0.29, 0.717) is 24.6 Å². The lowest BCUT2D eigenvalue weighted by atomic mass is 10.2. The molecule has 1 aromatic heterocycles. The molecule has 140 valence electrons. The van der Waals surface area contributed by atoms with Crippen LogP contribution in [0.15, 0.2) is 47.5 Å². The van der Waals surface area contributed by atoms with Crippen LogP contribution in [0.1, 0.15) is 19.4 Å². The first-order valence-electron chi connectivity index (χ1n) is 8.22. The predicted octanol–water partition coefficient (Wildman–Crippen LogP) is 2.57. The Morgan fingerprint density at radius 1 is 1.15 bits per heavy atom. The fourth-order valence-electron chi connectivity index (χ4n) is 2.33. The number of carbonyl (C=O) groups excluding carboxylic acids is 1. The van der Waals surface area contributed by atoms with Crippen LogP contribution in [-0.2, 0) is 10.0 Å². The van der Waals surface area contributed by atoms with E-state index in [4.69, 9.17) is 0 Å². The minimum atomic E-state index is -3.55. The van der Waals surface area contributed by atoms with Crippen molar-refractivity contribution < 1.29 is 13.2 Å². The number of hydrogen-bond donors (Lipinski definition) is 3. The van der Waals surface area contributed by atoms with Crippen molar-refractivity contribution >= 4 is 27.6 Å². The van der Waals surface area contributed by atoms with Crippen LogP contribution in [0.2, 0.25) is 0 Å². The number of nitrogens with zero attached hydrogens (tertiary/aromatic N) is 2. The number of nitrogens with one attached hydrogen (secondary N) is 3. The van der Waals surface area contributed by atoms with Crippen molar-refractivity contribution in [2.24, 2.45) is 0 Å². The van der Waals surface area contributed by atoms with Crippen molar-refractivity contribution in [1.29, 1.82) is 0 Å². The standard InChI is InChI=1S/C17H23N5O3S/c1-4-22(5-2)26(24,25)15-9-10-16(18-12-15)20-21-17(23)19-14-8-6-7-13(3)11-14/h6-12H,4-5H2,1-3H3,(H,18,20)(H2,19,21,23). The number of aryl methyl sites for hydroxylation is 1. The molecular formula is C17H23N5O3S. The summed E-state index contributed by atoms with van der Waals surface area (Å²) in [7, 11) is -3.55. The van der Waals surface area contributed by atoms with Crippen LogP contribution in [-0.4, -0.2) is 36.8 Å². The molecule has 0 saturated carbocycles. The molecule has 8 nitrogen and oxygen atoms in total. The van der Waals surface area contributed by atoms with E-state index in [9.17, 15) is 13.2 Å². The number of amides is 2. The zero-order chi connectivity index (χ0) is 19.2. The highest BCUT2D eigenvalue weighted by molar-refractivity contribution is 7.89. The summed E-state index contributed by atoms with van der Waals surface area (Å²) < 4.78 is 26.1. The highest BCUT2D eigenvalue weighted by atomic mass is 32.2. The third kappa shape index (κ3) is 4.93. The van der Waals surface area contributed by atoms with Crippen molar-refractivity contribution in [1.82, 2.24) is 14.7 Å². The van der Waals surface area contributed by atoms with E-state index >= 15 is 0 Å². The average molecular weight is 377 g/mol. The lowest BCUT2D eigenvalue weighted by molar-refractivity contribution is 0.254. The molecule has 0 fully saturated rings. The number of aromatic nitrogens is 1. The monoisotopic (exact) mass is 377 g/mol. The second-order valence-electron chi connectivity index (χ2n) is 5.54. The van der Waals surface area contributed by atoms with Gasteiger partial charge in [0.2, 0.25) is 10.0 Å². The molecule has 0 aliphatic carbocycles. The Morgan fingerprint density at radius 2 is 1.88 bits per heavy atom. The quantitative estimate of drug-likeness (QED) is 0.644. The van der Waals surface area contributed by atoms with Crippen LogP contribution < -0.4 is 16.2 Å². The molecule has 26 heavy (non-hydrogen) atoms. The van der Waals surface area contributed by atoms with E-state index in [1.165, 1.54) is 22.6 Å². The van der Waals surface area contributed by atoms with Gasteiger partial charge in [-0.05, 0) is 36.8 Å². The van der Waals surface area contributed by atoms with Crippen LogP contribution in [0.3, 0.4) is 0 Å². The highest BCUT2D eigenvalue weighted by Crippen LogP contribution is 2.15. The summed E-state index contributed by atoms with van der Waals surface area (Å²) in [5, 5.41) is 2.68. The minimum Gasteiger partial charge on any atom is -0.307 e. The molecule has 0 aliphatic rings. The number of urea groups is 1. The summed E-state index contributed by atoms with van der Waals surface area (Å²) in [6.45, 7) is 6.26. The van der Waals surface area contributed by atoms with E-state index < -0.39 is 16.1 Å². The summed E-state index contributed by atoms with van der Waals surface area (Å²) in [6, 6.07) is 9.86. The third-order valence-corrected chi connectivity index (χ3v) is 5.69. The first kappa shape index (κ1) is 19.7. The molecule has 1 heterocycles. The van der Waals surface area contributed by atoms with E-state index in [1.54, 1.807) is 19.9 Å². The Kier molecular flexibility index (Phi) is 6.53. The zero-order valence-electron chi connectivity index (χ0n) is 15.0. The van der Waals surface area contributed by atoms with Gasteiger partial charge < -0.3 is 5.32 Å². The molecule has 2 amide bonds. The molecule has 0 unspecified atom stereocenters. The van der Waals surface area contributed by atoms with Crippen molar-refractivity contribution in [2.45, 2.75) is 25.7 Å². The number of benzene rings is 1. The van der Waals surface area contributed by atoms with Gasteiger partial charge in [-0.3, -0.25) is 10.9 Å². The van der Waals surface area contributed by atoms with Gasteiger partial charge in [-0.15, -0.1) is 0 Å². The van der Waals surface area contributed by atoms with E-state index in [0.717, 1.165) is 5.56 Å². The first-order valence-corrected chi connectivity index (χ1v) is 9.66. The second kappa shape index (κ2) is 8.63. The maximum absolute atomic E-state index is 12.4. The molecule has 0 radical (unpaired) electrons. The van der Waals surface area contributed by atoms with Gasteiger partial charge in [0, 0.05) is 25.0 Å². The van der Waals surface area contributed by atoms with E-state index in [2.05, 4.69) is 21.2 Å². The average Bonchev–Trinajstić information content (AvgIpc) is 2.61. The molecular weight excluding hydrogens is 354 g/mol. The Balaban J connectivity index is 1.96. The third-order valence-electron chi connectivity index (χ3n) is 3.66. The summed E-state index contributed by atoms with van der Waals surface area (Å²) in [5.41, 5.74) is 6.78. The van der Waals surface area contributed by atoms with Gasteiger partial charge in [0.15, 0.2) is 0 Å². The van der Waals surface area contributed by atoms with Crippen molar-refractivity contribution in [3.8, 4) is 0 Å². The molecule has 2 rings (SSSR count). The summed E-state index contributed by atoms with van der Waals surface area (Å²) in [6.07, 6.45) is 1.26. The number of rotatable bonds is 7. The van der Waals surface area contributed by atoms with Gasteiger partial charge in [-0.25, -0.2) is 18.2 Å². The molecule has 3 N–H and O–H groups in total. The first-order chi connectivity index (χ1) is 12.4. The lowest BCUT2D eigenvalue weighted by Crippen LogP contribution is -2.34. The number of sulfonamides is 1. The Labute approximate surface area is 153 Å². The van der Waals surface area contributed by atoms with Gasteiger partial charge in [-0.2, -0.15) is 4.31 Å². The Morgan fingerprint density at radius 3 is 2.46 bits per heavy atom. The number of anilines is 2. The van der Waals surface area contributed by atoms with Crippen LogP contribution in [0.5, 0.6) is 0 Å². The zero-order valence-corrected chi connectivity index (χ0v) is 15.8. The largest absolute Gasteiger partial charge is 0.337 e. The number of hydrogen-bond acceptors (Lipinski definition) is 5. The molecule has 9 heteroatoms. The van der Waals surface area contributed by atoms with E-state index in [-0.39, 0.29) is 4.90 Å². The fourth-order valence-corrected chi connectivity index (χ4v) is 3.73. The topological polar surface area (TPSA) is 103 Å². The van der Waals surface area contributed by atoms with Gasteiger partial charge >= 0.3 is 6.03 Å². The molecule has 0 spiro atoms. The maximum Gasteiger partial charge on any atom is 0.337 e. The molecule has 0 aliphatic heterocycles. The molecule has 0 bridgehead atoms. The molecule has 0 atom stereocenters. The Bertz CT molecular complexity index is 849. The second-order valence-corrected chi connectivity index (χ2v) is 7.48. The van der Waals surface area contributed by atoms with Crippen LogP contribution >= 0.6 is 0 Å². The summed E-state index contributed by atoms with van der Waals surface area (Å²) >= 11 is 0. The Hall–Kier alpha value is -2.65. The van der Waals surface area contributed by atoms with Crippen molar-refractivity contribution in [2.75, 3.05) is 23.8 Å². The maximum atomic E-state index is 12.4. The highest BCUT2D eigenvalue weighted by Gasteiger charge is 2.21. The van der Waals surface area contributed by atoms with Crippen LogP contribution in [0.4, 0.5) is 16.3 Å².